The molecule has 1 N–H and O–H groups in total. The van der Waals surface area contributed by atoms with Crippen molar-refractivity contribution < 1.29 is 14.0 Å². The fraction of sp³-hybridized carbons (Fsp3) is 0.130. The predicted molar refractivity (Wildman–Crippen MR) is 114 cm³/mol. The number of halogens is 1. The van der Waals surface area contributed by atoms with E-state index in [1.165, 1.54) is 41.6 Å². The maximum atomic E-state index is 13.1. The van der Waals surface area contributed by atoms with Crippen molar-refractivity contribution >= 4 is 35.0 Å². The number of carbonyl (C=O) groups excluding carboxylic acids is 2. The number of thioether (sulfide) groups is 1. The van der Waals surface area contributed by atoms with E-state index in [2.05, 4.69) is 5.32 Å². The average Bonchev–Trinajstić information content (AvgIpc) is 3.18. The van der Waals surface area contributed by atoms with E-state index in [-0.39, 0.29) is 23.4 Å². The molecular weight excluding hydrogens is 387 g/mol. The van der Waals surface area contributed by atoms with Crippen LogP contribution in [0.2, 0.25) is 0 Å². The van der Waals surface area contributed by atoms with Crippen LogP contribution in [0.3, 0.4) is 0 Å². The monoisotopic (exact) mass is 406 g/mol. The third-order valence-corrected chi connectivity index (χ3v) is 5.83. The van der Waals surface area contributed by atoms with Crippen LogP contribution in [0.15, 0.2) is 77.7 Å². The fourth-order valence-electron chi connectivity index (χ4n) is 3.33. The Balaban J connectivity index is 1.44. The lowest BCUT2D eigenvalue weighted by atomic mass is 10.2. The van der Waals surface area contributed by atoms with E-state index >= 15 is 0 Å². The fourth-order valence-corrected chi connectivity index (χ4v) is 4.25. The first-order valence-corrected chi connectivity index (χ1v) is 10.3. The molecule has 0 unspecified atom stereocenters. The van der Waals surface area contributed by atoms with Gasteiger partial charge in [0.25, 0.3) is 5.91 Å². The van der Waals surface area contributed by atoms with Gasteiger partial charge in [-0.2, -0.15) is 0 Å². The lowest BCUT2D eigenvalue weighted by Gasteiger charge is -2.17. The van der Waals surface area contributed by atoms with E-state index in [1.807, 2.05) is 41.3 Å². The molecule has 0 aliphatic carbocycles. The summed E-state index contributed by atoms with van der Waals surface area (Å²) in [6.45, 7) is 0.686. The number of benzene rings is 3. The SMILES string of the molecule is O=C(Nc1ccc(F)cc1)c1ccccc1SCC(=O)N1CCc2ccccc21. The molecule has 4 nitrogen and oxygen atoms in total. The molecule has 3 aromatic rings. The normalized spacial score (nSPS) is 12.5. The molecule has 0 spiro atoms. The standard InChI is InChI=1S/C23H19FN2O2S/c24-17-9-11-18(12-10-17)25-23(28)19-6-2-4-8-21(19)29-15-22(27)26-14-13-16-5-1-3-7-20(16)26/h1-12H,13-15H2,(H,25,28). The summed E-state index contributed by atoms with van der Waals surface area (Å²) in [5.74, 6) is -0.386. The first-order chi connectivity index (χ1) is 14.1. The molecule has 6 heteroatoms. The number of hydrogen-bond donors (Lipinski definition) is 1. The Labute approximate surface area is 172 Å². The molecule has 2 amide bonds. The zero-order chi connectivity index (χ0) is 20.2. The molecule has 4 rings (SSSR count). The van der Waals surface area contributed by atoms with Gasteiger partial charge in [-0.3, -0.25) is 9.59 Å². The molecular formula is C23H19FN2O2S. The highest BCUT2D eigenvalue weighted by atomic mass is 32.2. The number of carbonyl (C=O) groups is 2. The lowest BCUT2D eigenvalue weighted by Crippen LogP contribution is -2.30. The number of para-hydroxylation sites is 1. The first-order valence-electron chi connectivity index (χ1n) is 9.29. The number of hydrogen-bond acceptors (Lipinski definition) is 3. The zero-order valence-electron chi connectivity index (χ0n) is 15.6. The molecule has 29 heavy (non-hydrogen) atoms. The highest BCUT2D eigenvalue weighted by Gasteiger charge is 2.24. The van der Waals surface area contributed by atoms with Crippen molar-refractivity contribution in [2.75, 3.05) is 22.5 Å². The van der Waals surface area contributed by atoms with Crippen molar-refractivity contribution in [2.24, 2.45) is 0 Å². The van der Waals surface area contributed by atoms with Crippen molar-refractivity contribution in [2.45, 2.75) is 11.3 Å². The Morgan fingerprint density at radius 3 is 2.52 bits per heavy atom. The molecule has 0 bridgehead atoms. The molecule has 1 aliphatic heterocycles. The minimum atomic E-state index is -0.360. The van der Waals surface area contributed by atoms with Gasteiger partial charge in [0.15, 0.2) is 0 Å². The van der Waals surface area contributed by atoms with Crippen molar-refractivity contribution in [1.29, 1.82) is 0 Å². The molecule has 3 aromatic carbocycles. The molecule has 0 saturated carbocycles. The summed E-state index contributed by atoms with van der Waals surface area (Å²) in [5, 5.41) is 2.77. The largest absolute Gasteiger partial charge is 0.322 e. The molecule has 0 aromatic heterocycles. The van der Waals surface area contributed by atoms with Crippen LogP contribution in [0, 0.1) is 5.82 Å². The van der Waals surface area contributed by atoms with Crippen molar-refractivity contribution in [3.8, 4) is 0 Å². The summed E-state index contributed by atoms with van der Waals surface area (Å²) in [4.78, 5) is 28.0. The molecule has 0 fully saturated rings. The van der Waals surface area contributed by atoms with Crippen molar-refractivity contribution in [3.05, 3.63) is 89.7 Å². The number of nitrogens with zero attached hydrogens (tertiary/aromatic N) is 1. The van der Waals surface area contributed by atoms with Gasteiger partial charge in [-0.1, -0.05) is 30.3 Å². The highest BCUT2D eigenvalue weighted by Crippen LogP contribution is 2.30. The third kappa shape index (κ3) is 4.32. The van der Waals surface area contributed by atoms with Crippen LogP contribution in [-0.4, -0.2) is 24.1 Å². The average molecular weight is 406 g/mol. The second-order valence-electron chi connectivity index (χ2n) is 6.67. The van der Waals surface area contributed by atoms with E-state index in [9.17, 15) is 14.0 Å². The van der Waals surface area contributed by atoms with E-state index < -0.39 is 0 Å². The van der Waals surface area contributed by atoms with Crippen LogP contribution < -0.4 is 10.2 Å². The topological polar surface area (TPSA) is 49.4 Å². The second-order valence-corrected chi connectivity index (χ2v) is 7.69. The number of nitrogens with one attached hydrogen (secondary N) is 1. The van der Waals surface area contributed by atoms with E-state index in [4.69, 9.17) is 0 Å². The summed E-state index contributed by atoms with van der Waals surface area (Å²) in [6, 6.07) is 20.7. The molecule has 146 valence electrons. The van der Waals surface area contributed by atoms with Gasteiger partial charge in [-0.15, -0.1) is 11.8 Å². The Bertz CT molecular complexity index is 1050. The molecule has 1 heterocycles. The van der Waals surface area contributed by atoms with Gasteiger partial charge in [-0.05, 0) is 54.4 Å². The first kappa shape index (κ1) is 19.2. The van der Waals surface area contributed by atoms with Gasteiger partial charge in [0.05, 0.1) is 11.3 Å². The van der Waals surface area contributed by atoms with Crippen LogP contribution in [0.1, 0.15) is 15.9 Å². The van der Waals surface area contributed by atoms with Crippen molar-refractivity contribution in [1.82, 2.24) is 0 Å². The van der Waals surface area contributed by atoms with E-state index in [1.54, 1.807) is 12.1 Å². The highest BCUT2D eigenvalue weighted by molar-refractivity contribution is 8.00. The summed E-state index contributed by atoms with van der Waals surface area (Å²) < 4.78 is 13.1. The zero-order valence-corrected chi connectivity index (χ0v) is 16.4. The molecule has 1 aliphatic rings. The van der Waals surface area contributed by atoms with Crippen LogP contribution in [0.4, 0.5) is 15.8 Å². The summed E-state index contributed by atoms with van der Waals surface area (Å²) in [5.41, 5.74) is 3.16. The predicted octanol–water partition coefficient (Wildman–Crippen LogP) is 4.76. The van der Waals surface area contributed by atoms with Gasteiger partial charge in [0.1, 0.15) is 5.82 Å². The maximum Gasteiger partial charge on any atom is 0.256 e. The number of fused-ring (bicyclic) bond motifs is 1. The number of amides is 2. The van der Waals surface area contributed by atoms with Gasteiger partial charge >= 0.3 is 0 Å². The van der Waals surface area contributed by atoms with Gasteiger partial charge in [-0.25, -0.2) is 4.39 Å². The minimum absolute atomic E-state index is 0.0219. The molecule has 0 radical (unpaired) electrons. The number of anilines is 2. The number of rotatable bonds is 5. The Hall–Kier alpha value is -3.12. The molecule has 0 atom stereocenters. The Kier molecular flexibility index (Phi) is 5.62. The van der Waals surface area contributed by atoms with Crippen LogP contribution in [0.25, 0.3) is 0 Å². The Morgan fingerprint density at radius 2 is 1.69 bits per heavy atom. The van der Waals surface area contributed by atoms with E-state index in [0.717, 1.165) is 17.0 Å². The third-order valence-electron chi connectivity index (χ3n) is 4.77. The van der Waals surface area contributed by atoms with Crippen LogP contribution in [-0.2, 0) is 11.2 Å². The smallest absolute Gasteiger partial charge is 0.256 e. The van der Waals surface area contributed by atoms with E-state index in [0.29, 0.717) is 17.8 Å². The van der Waals surface area contributed by atoms with Crippen molar-refractivity contribution in [3.63, 3.8) is 0 Å². The molecule has 0 saturated heterocycles. The van der Waals surface area contributed by atoms with Gasteiger partial charge in [0.2, 0.25) is 5.91 Å². The second kappa shape index (κ2) is 8.49. The van der Waals surface area contributed by atoms with Gasteiger partial charge in [0, 0.05) is 22.8 Å². The summed E-state index contributed by atoms with van der Waals surface area (Å²) in [7, 11) is 0. The summed E-state index contributed by atoms with van der Waals surface area (Å²) in [6.07, 6.45) is 0.864. The quantitative estimate of drug-likeness (QED) is 0.622. The maximum absolute atomic E-state index is 13.1. The Morgan fingerprint density at radius 1 is 0.966 bits per heavy atom. The lowest BCUT2D eigenvalue weighted by molar-refractivity contribution is -0.116. The minimum Gasteiger partial charge on any atom is -0.322 e. The summed E-state index contributed by atoms with van der Waals surface area (Å²) >= 11 is 1.35. The van der Waals surface area contributed by atoms with Crippen LogP contribution >= 0.6 is 11.8 Å². The van der Waals surface area contributed by atoms with Crippen LogP contribution in [0.5, 0.6) is 0 Å². The van der Waals surface area contributed by atoms with Gasteiger partial charge < -0.3 is 10.2 Å².